The number of piperidine rings is 1. The van der Waals surface area contributed by atoms with Crippen molar-refractivity contribution < 1.29 is 33.1 Å². The van der Waals surface area contributed by atoms with Crippen LogP contribution in [0.15, 0.2) is 51.8 Å². The van der Waals surface area contributed by atoms with Gasteiger partial charge in [-0.2, -0.15) is 5.16 Å². The minimum absolute atomic E-state index is 0.126. The minimum Gasteiger partial charge on any atom is -0.496 e. The molecule has 2 aromatic carbocycles. The molecule has 3 N–H and O–H groups in total. The maximum absolute atomic E-state index is 13.4. The van der Waals surface area contributed by atoms with Crippen LogP contribution in [0.2, 0.25) is 0 Å². The van der Waals surface area contributed by atoms with Crippen LogP contribution in [0.5, 0.6) is 17.2 Å². The number of likely N-dealkylation sites (tertiary alicyclic amines) is 1. The first-order valence-corrected chi connectivity index (χ1v) is 13.4. The Morgan fingerprint density at radius 1 is 1.12 bits per heavy atom. The Labute approximate surface area is 235 Å². The number of aromatic nitrogens is 1. The third kappa shape index (κ3) is 6.71. The number of amides is 3. The van der Waals surface area contributed by atoms with Crippen LogP contribution in [-0.4, -0.2) is 66.7 Å². The number of rotatable bonds is 4. The van der Waals surface area contributed by atoms with Gasteiger partial charge in [0.2, 0.25) is 5.91 Å². The summed E-state index contributed by atoms with van der Waals surface area (Å²) in [5.41, 5.74) is 1.54. The zero-order valence-electron chi connectivity index (χ0n) is 22.9. The van der Waals surface area contributed by atoms with Crippen LogP contribution in [0.25, 0.3) is 0 Å². The fourth-order valence-electron chi connectivity index (χ4n) is 4.92. The molecule has 3 aliphatic heterocycles. The molecule has 3 aliphatic rings. The lowest BCUT2D eigenvalue weighted by Gasteiger charge is -2.39. The Morgan fingerprint density at radius 3 is 2.76 bits per heavy atom. The van der Waals surface area contributed by atoms with Crippen molar-refractivity contribution in [3.05, 3.63) is 75.3 Å². The van der Waals surface area contributed by atoms with Crippen LogP contribution in [-0.2, 0) is 22.6 Å². The molecule has 0 spiro atoms. The Hall–Kier alpha value is -4.74. The van der Waals surface area contributed by atoms with Crippen LogP contribution in [0, 0.1) is 6.92 Å². The molecule has 41 heavy (non-hydrogen) atoms. The summed E-state index contributed by atoms with van der Waals surface area (Å²) in [5.74, 6) is 1.09. The maximum Gasteiger partial charge on any atom is 0.280 e. The molecule has 4 heterocycles. The van der Waals surface area contributed by atoms with Crippen LogP contribution in [0.4, 0.5) is 0 Å². The van der Waals surface area contributed by atoms with Gasteiger partial charge in [0.1, 0.15) is 29.1 Å². The molecule has 3 amide bonds. The van der Waals surface area contributed by atoms with Gasteiger partial charge >= 0.3 is 0 Å². The fourth-order valence-corrected chi connectivity index (χ4v) is 4.92. The number of methoxy groups -OCH3 is 1. The number of ether oxygens (including phenoxy) is 3. The number of hydrogen-bond acceptors (Lipinski definition) is 8. The fraction of sp³-hybridized carbons (Fsp3) is 0.379. The molecule has 1 saturated heterocycles. The van der Waals surface area contributed by atoms with Crippen LogP contribution in [0.3, 0.4) is 0 Å². The third-order valence-corrected chi connectivity index (χ3v) is 7.21. The van der Waals surface area contributed by atoms with Crippen molar-refractivity contribution in [2.75, 3.05) is 26.8 Å². The SMILES string of the molecule is COc1cc2ccc1CNC(=O)COc1cc(ccc1C)C(=O)N[C@H]1CN(C(=O)CCc3cc(=O)[nH]o3)CC[C@H]1O2. The lowest BCUT2D eigenvalue weighted by Crippen LogP contribution is -2.58. The van der Waals surface area contributed by atoms with Crippen molar-refractivity contribution in [3.63, 3.8) is 0 Å². The smallest absolute Gasteiger partial charge is 0.280 e. The number of nitrogens with zero attached hydrogens (tertiary/aromatic N) is 1. The van der Waals surface area contributed by atoms with E-state index in [2.05, 4.69) is 15.8 Å². The van der Waals surface area contributed by atoms with Gasteiger partial charge in [-0.15, -0.1) is 0 Å². The molecular weight excluding hydrogens is 532 g/mol. The summed E-state index contributed by atoms with van der Waals surface area (Å²) in [5, 5.41) is 8.09. The number of aromatic amines is 1. The molecule has 12 nitrogen and oxygen atoms in total. The average molecular weight is 565 g/mol. The summed E-state index contributed by atoms with van der Waals surface area (Å²) in [6.07, 6.45) is 0.466. The first-order valence-electron chi connectivity index (χ1n) is 13.4. The predicted molar refractivity (Wildman–Crippen MR) is 146 cm³/mol. The molecule has 216 valence electrons. The van der Waals surface area contributed by atoms with Gasteiger partial charge in [-0.3, -0.25) is 19.2 Å². The number of fused-ring (bicyclic) bond motifs is 7. The normalized spacial score (nSPS) is 19.2. The molecule has 4 bridgehead atoms. The van der Waals surface area contributed by atoms with Gasteiger partial charge in [0.05, 0.1) is 13.2 Å². The van der Waals surface area contributed by atoms with Gasteiger partial charge in [-0.25, -0.2) is 0 Å². The van der Waals surface area contributed by atoms with Crippen molar-refractivity contribution >= 4 is 17.7 Å². The quantitative estimate of drug-likeness (QED) is 0.433. The van der Waals surface area contributed by atoms with E-state index in [1.165, 1.54) is 13.2 Å². The second kappa shape index (κ2) is 12.2. The van der Waals surface area contributed by atoms with E-state index < -0.39 is 12.1 Å². The van der Waals surface area contributed by atoms with Gasteiger partial charge in [0.25, 0.3) is 17.4 Å². The Morgan fingerprint density at radius 2 is 1.98 bits per heavy atom. The van der Waals surface area contributed by atoms with Gasteiger partial charge < -0.3 is 34.3 Å². The summed E-state index contributed by atoms with van der Waals surface area (Å²) in [4.78, 5) is 51.9. The van der Waals surface area contributed by atoms with Gasteiger partial charge in [0, 0.05) is 62.2 Å². The Bertz CT molecular complexity index is 1500. The van der Waals surface area contributed by atoms with Crippen LogP contribution >= 0.6 is 0 Å². The van der Waals surface area contributed by atoms with Crippen molar-refractivity contribution in [2.45, 2.75) is 44.9 Å². The average Bonchev–Trinajstić information content (AvgIpc) is 3.39. The number of hydrogen-bond donors (Lipinski definition) is 3. The summed E-state index contributed by atoms with van der Waals surface area (Å²) in [6.45, 7) is 2.51. The highest BCUT2D eigenvalue weighted by Crippen LogP contribution is 2.28. The van der Waals surface area contributed by atoms with E-state index >= 15 is 0 Å². The lowest BCUT2D eigenvalue weighted by molar-refractivity contribution is -0.133. The molecule has 3 aromatic rings. The molecule has 0 aliphatic carbocycles. The molecule has 1 aromatic heterocycles. The largest absolute Gasteiger partial charge is 0.496 e. The van der Waals surface area contributed by atoms with Gasteiger partial charge in [-0.05, 0) is 36.8 Å². The van der Waals surface area contributed by atoms with Crippen molar-refractivity contribution in [1.29, 1.82) is 0 Å². The highest BCUT2D eigenvalue weighted by Gasteiger charge is 2.34. The number of carbonyl (C=O) groups is 3. The number of nitrogens with one attached hydrogen (secondary N) is 3. The van der Waals surface area contributed by atoms with E-state index in [0.717, 1.165) is 11.1 Å². The van der Waals surface area contributed by atoms with Crippen molar-refractivity contribution in [2.24, 2.45) is 0 Å². The maximum atomic E-state index is 13.4. The first-order chi connectivity index (χ1) is 19.8. The number of H-pyrrole nitrogens is 1. The standard InChI is InChI=1S/C29H32N4O8/c1-17-3-4-18-11-24(17)39-16-27(35)30-14-19-5-6-20(12-25(19)38-2)40-23-9-10-33(15-22(23)31-29(18)37)28(36)8-7-21-13-26(34)32-41-21/h3-6,11-13,22-23H,7-10,14-16H2,1-2H3,(H,30,35)(H,31,37)(H,32,34)/t22-,23+/m0/s1. The molecular formula is C29H32N4O8. The molecule has 12 heteroatoms. The summed E-state index contributed by atoms with van der Waals surface area (Å²) in [6, 6.07) is 11.2. The monoisotopic (exact) mass is 564 g/mol. The second-order valence-corrected chi connectivity index (χ2v) is 10.1. The van der Waals surface area contributed by atoms with E-state index in [0.29, 0.717) is 41.5 Å². The molecule has 6 rings (SSSR count). The van der Waals surface area contributed by atoms with Gasteiger partial charge in [-0.1, -0.05) is 6.07 Å². The van der Waals surface area contributed by atoms with Crippen molar-refractivity contribution in [3.8, 4) is 17.2 Å². The third-order valence-electron chi connectivity index (χ3n) is 7.21. The first kappa shape index (κ1) is 27.8. The molecule has 2 atom stereocenters. The zero-order chi connectivity index (χ0) is 28.9. The van der Waals surface area contributed by atoms with Crippen LogP contribution < -0.4 is 30.4 Å². The van der Waals surface area contributed by atoms with E-state index in [-0.39, 0.29) is 55.8 Å². The molecule has 0 radical (unpaired) electrons. The zero-order valence-corrected chi connectivity index (χ0v) is 22.9. The summed E-state index contributed by atoms with van der Waals surface area (Å²) in [7, 11) is 1.54. The summed E-state index contributed by atoms with van der Waals surface area (Å²) < 4.78 is 22.7. The van der Waals surface area contributed by atoms with E-state index in [4.69, 9.17) is 18.7 Å². The Kier molecular flexibility index (Phi) is 8.27. The van der Waals surface area contributed by atoms with Crippen molar-refractivity contribution in [1.82, 2.24) is 20.7 Å². The number of aryl methyl sites for hydroxylation is 2. The lowest BCUT2D eigenvalue weighted by atomic mass is 10.00. The number of benzene rings is 2. The molecule has 0 saturated carbocycles. The number of carbonyl (C=O) groups excluding carboxylic acids is 3. The topological polar surface area (TPSA) is 152 Å². The molecule has 1 fully saturated rings. The van der Waals surface area contributed by atoms with Crippen LogP contribution in [0.1, 0.15) is 40.1 Å². The van der Waals surface area contributed by atoms with E-state index in [9.17, 15) is 19.2 Å². The van der Waals surface area contributed by atoms with E-state index in [1.54, 1.807) is 35.2 Å². The highest BCUT2D eigenvalue weighted by molar-refractivity contribution is 5.95. The second-order valence-electron chi connectivity index (χ2n) is 10.1. The van der Waals surface area contributed by atoms with Gasteiger partial charge in [0.15, 0.2) is 6.61 Å². The molecule has 0 unspecified atom stereocenters. The minimum atomic E-state index is -0.527. The Balaban J connectivity index is 1.40. The van der Waals surface area contributed by atoms with E-state index in [1.807, 2.05) is 13.0 Å². The predicted octanol–water partition coefficient (Wildman–Crippen LogP) is 1.70. The highest BCUT2D eigenvalue weighted by atomic mass is 16.5. The summed E-state index contributed by atoms with van der Waals surface area (Å²) >= 11 is 0.